The average molecular weight is 379 g/mol. The molecule has 0 spiro atoms. The van der Waals surface area contributed by atoms with E-state index in [-0.39, 0.29) is 11.8 Å². The van der Waals surface area contributed by atoms with Gasteiger partial charge in [-0.1, -0.05) is 6.92 Å². The average Bonchev–Trinajstić information content (AvgIpc) is 3.29. The van der Waals surface area contributed by atoms with E-state index in [1.54, 1.807) is 11.3 Å². The predicted molar refractivity (Wildman–Crippen MR) is 97.0 cm³/mol. The Morgan fingerprint density at radius 1 is 1.36 bits per heavy atom. The number of rotatable bonds is 5. The van der Waals surface area contributed by atoms with Gasteiger partial charge in [0.05, 0.1) is 23.1 Å². The van der Waals surface area contributed by atoms with Crippen molar-refractivity contribution >= 4 is 34.9 Å². The minimum absolute atomic E-state index is 0.188. The molecule has 8 heteroatoms. The molecule has 2 amide bonds. The highest BCUT2D eigenvalue weighted by molar-refractivity contribution is 7.99. The Balaban J connectivity index is 1.62. The Kier molecular flexibility index (Phi) is 5.70. The molecule has 2 aromatic rings. The van der Waals surface area contributed by atoms with E-state index < -0.39 is 11.9 Å². The smallest absolute Gasteiger partial charge is 0.255 e. The van der Waals surface area contributed by atoms with Gasteiger partial charge in [-0.05, 0) is 30.7 Å². The monoisotopic (exact) mass is 379 g/mol. The molecule has 25 heavy (non-hydrogen) atoms. The van der Waals surface area contributed by atoms with Gasteiger partial charge in [0.15, 0.2) is 0 Å². The molecule has 132 valence electrons. The molecule has 0 saturated carbocycles. The van der Waals surface area contributed by atoms with E-state index in [4.69, 9.17) is 0 Å². The second-order valence-electron chi connectivity index (χ2n) is 5.60. The summed E-state index contributed by atoms with van der Waals surface area (Å²) in [6.45, 7) is 2.39. The number of benzene rings is 1. The topological polar surface area (TPSA) is 62.3 Å². The van der Waals surface area contributed by atoms with E-state index in [1.165, 1.54) is 40.9 Å². The van der Waals surface area contributed by atoms with Crippen LogP contribution in [0, 0.1) is 5.82 Å². The normalized spacial score (nSPS) is 16.9. The first-order valence-corrected chi connectivity index (χ1v) is 9.97. The van der Waals surface area contributed by atoms with E-state index in [0.717, 1.165) is 17.1 Å². The summed E-state index contributed by atoms with van der Waals surface area (Å²) >= 11 is 3.11. The van der Waals surface area contributed by atoms with Gasteiger partial charge in [0.2, 0.25) is 5.91 Å². The number of carbonyl (C=O) groups excluding carboxylic acids is 2. The Bertz CT molecular complexity index is 764. The van der Waals surface area contributed by atoms with Crippen LogP contribution in [0.2, 0.25) is 0 Å². The van der Waals surface area contributed by atoms with Crippen LogP contribution in [0.1, 0.15) is 28.0 Å². The van der Waals surface area contributed by atoms with Crippen molar-refractivity contribution in [3.63, 3.8) is 0 Å². The zero-order valence-electron chi connectivity index (χ0n) is 13.7. The first-order valence-electron chi connectivity index (χ1n) is 7.93. The van der Waals surface area contributed by atoms with Crippen LogP contribution in [0.15, 0.2) is 29.6 Å². The molecule has 0 aliphatic carbocycles. The molecule has 2 heterocycles. The van der Waals surface area contributed by atoms with Gasteiger partial charge in [0.25, 0.3) is 5.91 Å². The Morgan fingerprint density at radius 3 is 2.80 bits per heavy atom. The van der Waals surface area contributed by atoms with Gasteiger partial charge >= 0.3 is 0 Å². The number of thioether (sulfide) groups is 1. The highest BCUT2D eigenvalue weighted by atomic mass is 32.2. The molecule has 1 saturated heterocycles. The van der Waals surface area contributed by atoms with Gasteiger partial charge in [0.1, 0.15) is 11.9 Å². The van der Waals surface area contributed by atoms with E-state index in [1.807, 2.05) is 12.3 Å². The van der Waals surface area contributed by atoms with Crippen LogP contribution in [-0.4, -0.2) is 39.4 Å². The first kappa shape index (κ1) is 17.9. The minimum Gasteiger partial charge on any atom is -0.349 e. The number of hydrogen-bond acceptors (Lipinski definition) is 5. The Morgan fingerprint density at radius 2 is 2.12 bits per heavy atom. The highest BCUT2D eigenvalue weighted by Gasteiger charge is 2.35. The summed E-state index contributed by atoms with van der Waals surface area (Å²) in [5, 5.41) is 5.83. The number of nitrogens with zero attached hydrogens (tertiary/aromatic N) is 2. The minimum atomic E-state index is -0.521. The number of thiazole rings is 1. The summed E-state index contributed by atoms with van der Waals surface area (Å²) in [5.41, 5.74) is 1.21. The van der Waals surface area contributed by atoms with Crippen molar-refractivity contribution < 1.29 is 14.0 Å². The van der Waals surface area contributed by atoms with E-state index in [0.29, 0.717) is 23.7 Å². The summed E-state index contributed by atoms with van der Waals surface area (Å²) in [4.78, 5) is 31.0. The van der Waals surface area contributed by atoms with Crippen molar-refractivity contribution in [2.45, 2.75) is 25.9 Å². The number of halogens is 1. The maximum Gasteiger partial charge on any atom is 0.255 e. The number of carbonyl (C=O) groups is 2. The lowest BCUT2D eigenvalue weighted by Gasteiger charge is -2.23. The molecule has 1 N–H and O–H groups in total. The predicted octanol–water partition coefficient (Wildman–Crippen LogP) is 2.68. The quantitative estimate of drug-likeness (QED) is 0.868. The lowest BCUT2D eigenvalue weighted by Crippen LogP contribution is -2.47. The van der Waals surface area contributed by atoms with E-state index >= 15 is 0 Å². The molecule has 1 aliphatic heterocycles. The fraction of sp³-hybridized carbons (Fsp3) is 0.353. The second kappa shape index (κ2) is 7.97. The largest absolute Gasteiger partial charge is 0.349 e. The summed E-state index contributed by atoms with van der Waals surface area (Å²) in [6, 6.07) is 4.86. The van der Waals surface area contributed by atoms with E-state index in [2.05, 4.69) is 10.3 Å². The molecule has 1 atom stereocenters. The fourth-order valence-corrected chi connectivity index (χ4v) is 4.40. The van der Waals surface area contributed by atoms with Gasteiger partial charge in [-0.25, -0.2) is 9.37 Å². The number of hydrogen-bond donors (Lipinski definition) is 1. The Labute approximate surface area is 153 Å². The van der Waals surface area contributed by atoms with Crippen molar-refractivity contribution in [2.75, 3.05) is 11.6 Å². The molecule has 1 aromatic heterocycles. The van der Waals surface area contributed by atoms with Crippen molar-refractivity contribution in [2.24, 2.45) is 0 Å². The first-order chi connectivity index (χ1) is 12.1. The van der Waals surface area contributed by atoms with Crippen LogP contribution >= 0.6 is 23.1 Å². The molecule has 1 aliphatic rings. The molecule has 5 nitrogen and oxygen atoms in total. The van der Waals surface area contributed by atoms with Gasteiger partial charge < -0.3 is 10.2 Å². The van der Waals surface area contributed by atoms with Crippen molar-refractivity contribution in [3.8, 4) is 0 Å². The molecule has 3 rings (SSSR count). The molecule has 0 bridgehead atoms. The number of aromatic nitrogens is 1. The summed E-state index contributed by atoms with van der Waals surface area (Å²) in [7, 11) is 0. The Hall–Kier alpha value is -1.93. The van der Waals surface area contributed by atoms with Crippen LogP contribution < -0.4 is 5.32 Å². The second-order valence-corrected chi connectivity index (χ2v) is 7.54. The molecular formula is C17H18FN3O2S2. The van der Waals surface area contributed by atoms with Crippen molar-refractivity contribution in [1.29, 1.82) is 0 Å². The summed E-state index contributed by atoms with van der Waals surface area (Å²) < 4.78 is 13.0. The molecule has 1 aromatic carbocycles. The highest BCUT2D eigenvalue weighted by Crippen LogP contribution is 2.23. The summed E-state index contributed by atoms with van der Waals surface area (Å²) in [6.07, 6.45) is 0.873. The van der Waals surface area contributed by atoms with Crippen LogP contribution in [0.3, 0.4) is 0 Å². The third-order valence-corrected chi connectivity index (χ3v) is 5.94. The van der Waals surface area contributed by atoms with Gasteiger partial charge in [-0.2, -0.15) is 0 Å². The zero-order valence-corrected chi connectivity index (χ0v) is 15.3. The molecule has 0 radical (unpaired) electrons. The van der Waals surface area contributed by atoms with E-state index in [9.17, 15) is 14.0 Å². The van der Waals surface area contributed by atoms with Crippen molar-refractivity contribution in [3.05, 3.63) is 51.7 Å². The standard InChI is InChI=1S/C17H18FN3O2S2/c1-2-15-20-13(8-25-15)7-19-16(22)14-9-24-10-21(14)17(23)11-3-5-12(18)6-4-11/h3-6,8,14H,2,7,9-10H2,1H3,(H,19,22)/t14-/m1/s1. The van der Waals surface area contributed by atoms with Crippen LogP contribution in [0.5, 0.6) is 0 Å². The molecule has 1 fully saturated rings. The SMILES string of the molecule is CCc1nc(CNC(=O)[C@H]2CSCN2C(=O)c2ccc(F)cc2)cs1. The number of amides is 2. The third-order valence-electron chi connectivity index (χ3n) is 3.88. The fourth-order valence-electron chi connectivity index (χ4n) is 2.51. The summed E-state index contributed by atoms with van der Waals surface area (Å²) in [5.74, 6) is 0.163. The maximum atomic E-state index is 13.0. The zero-order chi connectivity index (χ0) is 17.8. The number of nitrogens with one attached hydrogen (secondary N) is 1. The van der Waals surface area contributed by atoms with Gasteiger partial charge in [-0.3, -0.25) is 9.59 Å². The van der Waals surface area contributed by atoms with Crippen LogP contribution in [-0.2, 0) is 17.8 Å². The third kappa shape index (κ3) is 4.19. The van der Waals surface area contributed by atoms with Crippen LogP contribution in [0.25, 0.3) is 0 Å². The molecule has 0 unspecified atom stereocenters. The van der Waals surface area contributed by atoms with Gasteiger partial charge in [-0.15, -0.1) is 23.1 Å². The van der Waals surface area contributed by atoms with Crippen molar-refractivity contribution in [1.82, 2.24) is 15.2 Å². The number of aryl methyl sites for hydroxylation is 1. The van der Waals surface area contributed by atoms with Gasteiger partial charge in [0, 0.05) is 16.7 Å². The van der Waals surface area contributed by atoms with Crippen LogP contribution in [0.4, 0.5) is 4.39 Å². The maximum absolute atomic E-state index is 13.0. The lowest BCUT2D eigenvalue weighted by atomic mass is 10.1. The lowest BCUT2D eigenvalue weighted by molar-refractivity contribution is -0.124. The molecular weight excluding hydrogens is 361 g/mol.